The van der Waals surface area contributed by atoms with Gasteiger partial charge in [-0.1, -0.05) is 0 Å². The van der Waals surface area contributed by atoms with Crippen molar-refractivity contribution in [2.45, 2.75) is 12.8 Å². The number of hydrogen-bond donors (Lipinski definition) is 1. The second-order valence-electron chi connectivity index (χ2n) is 4.70. The molecule has 0 spiro atoms. The van der Waals surface area contributed by atoms with Crippen LogP contribution < -0.4 is 14.8 Å². The molecule has 0 unspecified atom stereocenters. The second-order valence-corrected chi connectivity index (χ2v) is 5.55. The fourth-order valence-corrected chi connectivity index (χ4v) is 2.39. The molecule has 0 aromatic heterocycles. The van der Waals surface area contributed by atoms with Gasteiger partial charge in [0, 0.05) is 5.56 Å². The maximum Gasteiger partial charge on any atom is 0.176 e. The smallest absolute Gasteiger partial charge is 0.176 e. The van der Waals surface area contributed by atoms with E-state index in [0.29, 0.717) is 36.1 Å². The highest BCUT2D eigenvalue weighted by molar-refractivity contribution is 9.10. The van der Waals surface area contributed by atoms with E-state index < -0.39 is 0 Å². The maximum atomic E-state index is 11.9. The Morgan fingerprint density at radius 1 is 1.47 bits per heavy atom. The van der Waals surface area contributed by atoms with Gasteiger partial charge in [0.25, 0.3) is 0 Å². The number of halogens is 1. The third-order valence-corrected chi connectivity index (χ3v) is 3.63. The van der Waals surface area contributed by atoms with E-state index >= 15 is 0 Å². The highest BCUT2D eigenvalue weighted by Crippen LogP contribution is 2.38. The van der Waals surface area contributed by atoms with Crippen molar-refractivity contribution >= 4 is 21.7 Å². The molecule has 19 heavy (non-hydrogen) atoms. The molecule has 1 aliphatic carbocycles. The van der Waals surface area contributed by atoms with Gasteiger partial charge in [-0.2, -0.15) is 0 Å². The molecular formula is C14H18BrNO3. The molecule has 0 bridgehead atoms. The Morgan fingerprint density at radius 3 is 2.79 bits per heavy atom. The average molecular weight is 328 g/mol. The molecule has 0 saturated heterocycles. The van der Waals surface area contributed by atoms with Gasteiger partial charge in [0.1, 0.15) is 0 Å². The Labute approximate surface area is 121 Å². The van der Waals surface area contributed by atoms with E-state index in [-0.39, 0.29) is 5.78 Å². The number of hydrogen-bond acceptors (Lipinski definition) is 4. The molecule has 0 heterocycles. The predicted octanol–water partition coefficient (Wildman–Crippen LogP) is 2.65. The summed E-state index contributed by atoms with van der Waals surface area (Å²) in [5, 5.41) is 2.86. The molecule has 1 aliphatic rings. The molecular weight excluding hydrogens is 310 g/mol. The number of carbonyl (C=O) groups is 1. The minimum atomic E-state index is 0.0297. The quantitative estimate of drug-likeness (QED) is 0.782. The number of Topliss-reactive ketones (excluding diaryl/α,β-unsaturated/α-hetero) is 1. The Hall–Kier alpha value is -1.07. The van der Waals surface area contributed by atoms with Crippen molar-refractivity contribution in [2.24, 2.45) is 5.92 Å². The Kier molecular flexibility index (Phi) is 4.82. The van der Waals surface area contributed by atoms with E-state index in [1.165, 1.54) is 12.8 Å². The molecule has 1 saturated carbocycles. The lowest BCUT2D eigenvalue weighted by molar-refractivity contribution is 0.0993. The van der Waals surface area contributed by atoms with Crippen LogP contribution in [0.5, 0.6) is 11.5 Å². The minimum absolute atomic E-state index is 0.0297. The number of benzene rings is 1. The molecule has 0 radical (unpaired) electrons. The molecule has 1 aromatic carbocycles. The van der Waals surface area contributed by atoms with Crippen LogP contribution in [0.1, 0.15) is 23.2 Å². The summed E-state index contributed by atoms with van der Waals surface area (Å²) in [6, 6.07) is 3.52. The molecule has 5 heteroatoms. The van der Waals surface area contributed by atoms with E-state index in [9.17, 15) is 4.79 Å². The van der Waals surface area contributed by atoms with E-state index in [2.05, 4.69) is 21.2 Å². The Balaban J connectivity index is 2.22. The van der Waals surface area contributed by atoms with Crippen molar-refractivity contribution in [2.75, 3.05) is 27.3 Å². The second kappa shape index (κ2) is 6.39. The van der Waals surface area contributed by atoms with Crippen LogP contribution >= 0.6 is 15.9 Å². The lowest BCUT2D eigenvalue weighted by Crippen LogP contribution is -2.18. The van der Waals surface area contributed by atoms with Crippen LogP contribution in [-0.2, 0) is 0 Å². The van der Waals surface area contributed by atoms with Crippen molar-refractivity contribution in [3.8, 4) is 11.5 Å². The SMILES string of the molecule is CNCC(=O)c1cc(Br)c(OC)c(OCC2CC2)c1. The number of carbonyl (C=O) groups excluding carboxylic acids is 1. The van der Waals surface area contributed by atoms with Crippen molar-refractivity contribution < 1.29 is 14.3 Å². The van der Waals surface area contributed by atoms with E-state index in [1.807, 2.05) is 0 Å². The zero-order valence-electron chi connectivity index (χ0n) is 11.2. The van der Waals surface area contributed by atoms with Gasteiger partial charge >= 0.3 is 0 Å². The van der Waals surface area contributed by atoms with Gasteiger partial charge in [-0.15, -0.1) is 0 Å². The summed E-state index contributed by atoms with van der Waals surface area (Å²) in [5.41, 5.74) is 0.618. The molecule has 104 valence electrons. The lowest BCUT2D eigenvalue weighted by Gasteiger charge is -2.13. The summed E-state index contributed by atoms with van der Waals surface area (Å²) in [6.45, 7) is 0.993. The van der Waals surface area contributed by atoms with Crippen LogP contribution in [0.25, 0.3) is 0 Å². The summed E-state index contributed by atoms with van der Waals surface area (Å²) in [4.78, 5) is 11.9. The van der Waals surface area contributed by atoms with Crippen LogP contribution in [-0.4, -0.2) is 33.1 Å². The van der Waals surface area contributed by atoms with Gasteiger partial charge in [0.05, 0.1) is 24.7 Å². The van der Waals surface area contributed by atoms with Crippen LogP contribution in [0.2, 0.25) is 0 Å². The normalized spacial score (nSPS) is 14.3. The van der Waals surface area contributed by atoms with Crippen LogP contribution in [0.4, 0.5) is 0 Å². The Bertz CT molecular complexity index is 472. The van der Waals surface area contributed by atoms with E-state index in [4.69, 9.17) is 9.47 Å². The Morgan fingerprint density at radius 2 is 2.21 bits per heavy atom. The number of nitrogens with one attached hydrogen (secondary N) is 1. The fourth-order valence-electron chi connectivity index (χ4n) is 1.79. The molecule has 1 N–H and O–H groups in total. The average Bonchev–Trinajstić information content (AvgIpc) is 3.20. The molecule has 2 rings (SSSR count). The third kappa shape index (κ3) is 3.70. The summed E-state index contributed by atoms with van der Waals surface area (Å²) < 4.78 is 11.8. The molecule has 0 amide bonds. The van der Waals surface area contributed by atoms with Crippen LogP contribution in [0.15, 0.2) is 16.6 Å². The van der Waals surface area contributed by atoms with Gasteiger partial charge in [-0.25, -0.2) is 0 Å². The molecule has 0 aliphatic heterocycles. The van der Waals surface area contributed by atoms with Crippen molar-refractivity contribution in [3.63, 3.8) is 0 Å². The topological polar surface area (TPSA) is 47.6 Å². The van der Waals surface area contributed by atoms with Gasteiger partial charge in [0.2, 0.25) is 0 Å². The zero-order chi connectivity index (χ0) is 13.8. The van der Waals surface area contributed by atoms with E-state index in [1.54, 1.807) is 26.3 Å². The number of rotatable bonds is 7. The minimum Gasteiger partial charge on any atom is -0.492 e. The maximum absolute atomic E-state index is 11.9. The predicted molar refractivity (Wildman–Crippen MR) is 77.2 cm³/mol. The zero-order valence-corrected chi connectivity index (χ0v) is 12.7. The largest absolute Gasteiger partial charge is 0.492 e. The molecule has 0 atom stereocenters. The first-order valence-electron chi connectivity index (χ1n) is 6.33. The number of ether oxygens (including phenoxy) is 2. The van der Waals surface area contributed by atoms with Crippen molar-refractivity contribution in [1.82, 2.24) is 5.32 Å². The first kappa shape index (κ1) is 14.3. The van der Waals surface area contributed by atoms with E-state index in [0.717, 1.165) is 4.47 Å². The molecule has 1 aromatic rings. The van der Waals surface area contributed by atoms with Crippen LogP contribution in [0.3, 0.4) is 0 Å². The van der Waals surface area contributed by atoms with Gasteiger partial charge in [-0.3, -0.25) is 4.79 Å². The number of ketones is 1. The van der Waals surface area contributed by atoms with Gasteiger partial charge < -0.3 is 14.8 Å². The first-order chi connectivity index (χ1) is 9.15. The van der Waals surface area contributed by atoms with Crippen molar-refractivity contribution in [1.29, 1.82) is 0 Å². The van der Waals surface area contributed by atoms with Crippen LogP contribution in [0, 0.1) is 5.92 Å². The number of likely N-dealkylation sites (N-methyl/N-ethyl adjacent to an activating group) is 1. The molecule has 4 nitrogen and oxygen atoms in total. The third-order valence-electron chi connectivity index (χ3n) is 3.04. The summed E-state index contributed by atoms with van der Waals surface area (Å²) in [5.74, 6) is 1.95. The monoisotopic (exact) mass is 327 g/mol. The summed E-state index contributed by atoms with van der Waals surface area (Å²) in [6.07, 6.45) is 2.45. The standard InChI is InChI=1S/C14H18BrNO3/c1-16-7-12(17)10-5-11(15)14(18-2)13(6-10)19-8-9-3-4-9/h5-6,9,16H,3-4,7-8H2,1-2H3. The van der Waals surface area contributed by atoms with Gasteiger partial charge in [0.15, 0.2) is 17.3 Å². The van der Waals surface area contributed by atoms with Gasteiger partial charge in [-0.05, 0) is 53.9 Å². The summed E-state index contributed by atoms with van der Waals surface area (Å²) in [7, 11) is 3.35. The first-order valence-corrected chi connectivity index (χ1v) is 7.13. The van der Waals surface area contributed by atoms with Crippen molar-refractivity contribution in [3.05, 3.63) is 22.2 Å². The summed E-state index contributed by atoms with van der Waals surface area (Å²) >= 11 is 3.42. The highest BCUT2D eigenvalue weighted by Gasteiger charge is 2.23. The number of methoxy groups -OCH3 is 1. The lowest BCUT2D eigenvalue weighted by atomic mass is 10.1. The fraction of sp³-hybridized carbons (Fsp3) is 0.500. The molecule has 1 fully saturated rings. The highest BCUT2D eigenvalue weighted by atomic mass is 79.9.